The SMILES string of the molecule is C.C.CCS[C@H]1OC(CO)[C@@H](C)[C@H](C)C1C.CCS[C@H]1OC(CO)[C@@H](C)[C@H](O)C1C. The van der Waals surface area contributed by atoms with Gasteiger partial charge in [-0.3, -0.25) is 0 Å². The van der Waals surface area contributed by atoms with E-state index in [9.17, 15) is 10.2 Å². The van der Waals surface area contributed by atoms with E-state index in [1.165, 1.54) is 0 Å². The number of aliphatic hydroxyl groups is 3. The molecule has 0 bridgehead atoms. The van der Waals surface area contributed by atoms with E-state index in [1.54, 1.807) is 11.8 Å². The fraction of sp³-hybridized carbons (Fsp3) is 1.00. The third-order valence-corrected chi connectivity index (χ3v) is 8.81. The highest BCUT2D eigenvalue weighted by Gasteiger charge is 2.40. The van der Waals surface area contributed by atoms with E-state index in [-0.39, 0.29) is 69.1 Å². The molecule has 2 aliphatic rings. The molecule has 0 spiro atoms. The Bertz CT molecular complexity index is 382. The summed E-state index contributed by atoms with van der Waals surface area (Å²) in [5, 5.41) is 28.3. The summed E-state index contributed by atoms with van der Waals surface area (Å²) in [4.78, 5) is 0. The quantitative estimate of drug-likeness (QED) is 0.518. The lowest BCUT2D eigenvalue weighted by molar-refractivity contribution is -0.144. The molecular weight excluding hydrogens is 420 g/mol. The van der Waals surface area contributed by atoms with E-state index in [1.807, 2.05) is 25.6 Å². The molecule has 3 N–H and O–H groups in total. The zero-order valence-corrected chi connectivity index (χ0v) is 20.2. The van der Waals surface area contributed by atoms with Crippen LogP contribution in [0.3, 0.4) is 0 Å². The molecule has 2 aliphatic heterocycles. The molecule has 0 aromatic heterocycles. The van der Waals surface area contributed by atoms with E-state index in [2.05, 4.69) is 34.6 Å². The highest BCUT2D eigenvalue weighted by Crippen LogP contribution is 2.39. The molecule has 2 rings (SSSR count). The lowest BCUT2D eigenvalue weighted by atomic mass is 9.80. The van der Waals surface area contributed by atoms with Crippen molar-refractivity contribution in [1.82, 2.24) is 0 Å². The molecular formula is C23H50O5S2. The van der Waals surface area contributed by atoms with Gasteiger partial charge < -0.3 is 24.8 Å². The lowest BCUT2D eigenvalue weighted by Gasteiger charge is -2.42. The maximum Gasteiger partial charge on any atom is 0.108 e. The van der Waals surface area contributed by atoms with Crippen LogP contribution < -0.4 is 0 Å². The van der Waals surface area contributed by atoms with Gasteiger partial charge in [-0.05, 0) is 29.3 Å². The number of ether oxygens (including phenoxy) is 2. The van der Waals surface area contributed by atoms with E-state index >= 15 is 0 Å². The molecule has 30 heavy (non-hydrogen) atoms. The fourth-order valence-corrected chi connectivity index (χ4v) is 6.01. The van der Waals surface area contributed by atoms with Gasteiger partial charge in [0, 0.05) is 11.8 Å². The van der Waals surface area contributed by atoms with Crippen molar-refractivity contribution < 1.29 is 24.8 Å². The van der Waals surface area contributed by atoms with Crippen molar-refractivity contribution in [1.29, 1.82) is 0 Å². The zero-order valence-electron chi connectivity index (χ0n) is 18.6. The Morgan fingerprint density at radius 3 is 1.43 bits per heavy atom. The lowest BCUT2D eigenvalue weighted by Crippen LogP contribution is -2.49. The van der Waals surface area contributed by atoms with Crippen LogP contribution in [0, 0.1) is 29.6 Å². The second-order valence-electron chi connectivity index (χ2n) is 8.15. The molecule has 2 saturated heterocycles. The summed E-state index contributed by atoms with van der Waals surface area (Å²) >= 11 is 3.54. The molecule has 2 fully saturated rings. The molecule has 0 amide bonds. The van der Waals surface area contributed by atoms with Crippen molar-refractivity contribution in [2.75, 3.05) is 24.7 Å². The van der Waals surface area contributed by atoms with E-state index in [4.69, 9.17) is 14.6 Å². The molecule has 5 nitrogen and oxygen atoms in total. The monoisotopic (exact) mass is 470 g/mol. The van der Waals surface area contributed by atoms with Crippen LogP contribution in [-0.2, 0) is 9.47 Å². The van der Waals surface area contributed by atoms with Crippen LogP contribution in [0.15, 0.2) is 0 Å². The van der Waals surface area contributed by atoms with Gasteiger partial charge in [-0.2, -0.15) is 0 Å². The molecule has 4 unspecified atom stereocenters. The van der Waals surface area contributed by atoms with Gasteiger partial charge in [0.2, 0.25) is 0 Å². The minimum atomic E-state index is -0.370. The predicted molar refractivity (Wildman–Crippen MR) is 133 cm³/mol. The molecule has 10 atom stereocenters. The second-order valence-corrected chi connectivity index (χ2v) is 10.9. The second kappa shape index (κ2) is 16.2. The summed E-state index contributed by atoms with van der Waals surface area (Å²) in [5.41, 5.74) is 0.284. The molecule has 0 radical (unpaired) electrons. The van der Waals surface area contributed by atoms with Gasteiger partial charge in [0.15, 0.2) is 0 Å². The molecule has 0 aromatic rings. The van der Waals surface area contributed by atoms with Gasteiger partial charge >= 0.3 is 0 Å². The summed E-state index contributed by atoms with van der Waals surface area (Å²) in [7, 11) is 0. The third kappa shape index (κ3) is 8.45. The van der Waals surface area contributed by atoms with Crippen LogP contribution >= 0.6 is 23.5 Å². The number of thioether (sulfide) groups is 2. The van der Waals surface area contributed by atoms with E-state index in [0.717, 1.165) is 11.5 Å². The van der Waals surface area contributed by atoms with Crippen LogP contribution in [0.25, 0.3) is 0 Å². The molecule has 184 valence electrons. The predicted octanol–water partition coefficient (Wildman–Crippen LogP) is 4.73. The Hall–Kier alpha value is 0.500. The zero-order chi connectivity index (χ0) is 21.4. The average molecular weight is 471 g/mol. The summed E-state index contributed by atoms with van der Waals surface area (Å²) in [5.74, 6) is 3.87. The standard InChI is InChI=1S/C11H22O2S.C10H20O3S.2CH4/c1-5-14-11-9(4)7(2)8(3)10(6-12)13-11;1-4-14-10-7(3)9(12)6(2)8(5-11)13-10;;/h7-12H,5-6H2,1-4H3;6-12H,4-5H2,1-3H3;2*1H4/t7-,8-,9?,10?,11+;6-,7?,8?,9+,10-;;/m01../s1. The number of hydrogen-bond acceptors (Lipinski definition) is 7. The third-order valence-electron chi connectivity index (χ3n) is 6.41. The van der Waals surface area contributed by atoms with Crippen molar-refractivity contribution in [3.8, 4) is 0 Å². The summed E-state index contributed by atoms with van der Waals surface area (Å²) in [6.45, 7) is 15.0. The van der Waals surface area contributed by atoms with Crippen molar-refractivity contribution in [2.45, 2.75) is 92.5 Å². The first-order valence-corrected chi connectivity index (χ1v) is 12.8. The van der Waals surface area contributed by atoms with E-state index < -0.39 is 0 Å². The summed E-state index contributed by atoms with van der Waals surface area (Å²) in [6, 6.07) is 0. The molecule has 0 saturated carbocycles. The van der Waals surface area contributed by atoms with Gasteiger partial charge in [0.05, 0.1) is 31.5 Å². The first-order valence-electron chi connectivity index (χ1n) is 10.7. The van der Waals surface area contributed by atoms with E-state index in [0.29, 0.717) is 17.8 Å². The molecule has 0 aromatic carbocycles. The number of hydrogen-bond donors (Lipinski definition) is 3. The average Bonchev–Trinajstić information content (AvgIpc) is 2.69. The smallest absolute Gasteiger partial charge is 0.108 e. The largest absolute Gasteiger partial charge is 0.394 e. The van der Waals surface area contributed by atoms with Crippen LogP contribution in [-0.4, -0.2) is 69.2 Å². The molecule has 2 heterocycles. The van der Waals surface area contributed by atoms with Crippen LogP contribution in [0.4, 0.5) is 0 Å². The first-order chi connectivity index (χ1) is 13.2. The normalized spacial score (nSPS) is 41.0. The van der Waals surface area contributed by atoms with Gasteiger partial charge in [-0.1, -0.05) is 63.3 Å². The Morgan fingerprint density at radius 2 is 1.03 bits per heavy atom. The highest BCUT2D eigenvalue weighted by atomic mass is 32.2. The minimum Gasteiger partial charge on any atom is -0.394 e. The van der Waals surface area contributed by atoms with Crippen LogP contribution in [0.5, 0.6) is 0 Å². The minimum absolute atomic E-state index is 0. The number of aliphatic hydroxyl groups excluding tert-OH is 3. The Kier molecular flexibility index (Phi) is 17.6. The van der Waals surface area contributed by atoms with Gasteiger partial charge in [0.1, 0.15) is 10.9 Å². The van der Waals surface area contributed by atoms with Crippen molar-refractivity contribution >= 4 is 23.5 Å². The Morgan fingerprint density at radius 1 is 0.633 bits per heavy atom. The summed E-state index contributed by atoms with van der Waals surface area (Å²) < 4.78 is 11.6. The highest BCUT2D eigenvalue weighted by molar-refractivity contribution is 7.99. The van der Waals surface area contributed by atoms with Crippen LogP contribution in [0.1, 0.15) is 63.3 Å². The molecule has 0 aliphatic carbocycles. The maximum atomic E-state index is 9.94. The number of rotatable bonds is 6. The van der Waals surface area contributed by atoms with Gasteiger partial charge in [-0.25, -0.2) is 0 Å². The summed E-state index contributed by atoms with van der Waals surface area (Å²) in [6.07, 6.45) is -0.555. The van der Waals surface area contributed by atoms with Crippen molar-refractivity contribution in [3.05, 3.63) is 0 Å². The van der Waals surface area contributed by atoms with Crippen molar-refractivity contribution in [2.24, 2.45) is 29.6 Å². The molecule has 7 heteroatoms. The van der Waals surface area contributed by atoms with Crippen molar-refractivity contribution in [3.63, 3.8) is 0 Å². The topological polar surface area (TPSA) is 79.2 Å². The Balaban J connectivity index is 0. The first kappa shape index (κ1) is 32.7. The van der Waals surface area contributed by atoms with Gasteiger partial charge in [0.25, 0.3) is 0 Å². The fourth-order valence-electron chi connectivity index (χ4n) is 3.89. The van der Waals surface area contributed by atoms with Gasteiger partial charge in [-0.15, -0.1) is 23.5 Å². The van der Waals surface area contributed by atoms with Crippen LogP contribution in [0.2, 0.25) is 0 Å². The maximum absolute atomic E-state index is 9.94. The Labute approximate surface area is 195 Å².